The van der Waals surface area contributed by atoms with E-state index in [9.17, 15) is 9.59 Å². The van der Waals surface area contributed by atoms with Crippen molar-refractivity contribution in [1.82, 2.24) is 10.4 Å². The molecule has 0 aromatic heterocycles. The lowest BCUT2D eigenvalue weighted by Gasteiger charge is -2.25. The first-order chi connectivity index (χ1) is 11.2. The predicted octanol–water partition coefficient (Wildman–Crippen LogP) is 1.33. The molecule has 1 aliphatic rings. The highest BCUT2D eigenvalue weighted by molar-refractivity contribution is 6.23. The molecule has 1 heterocycles. The molecule has 6 nitrogen and oxygen atoms in total. The number of hydrogen-bond donors (Lipinski definition) is 1. The van der Waals surface area contributed by atoms with Gasteiger partial charge < -0.3 is 9.47 Å². The molecule has 0 saturated carbocycles. The normalized spacial score (nSPS) is 19.4. The van der Waals surface area contributed by atoms with Gasteiger partial charge in [-0.3, -0.25) is 15.0 Å². The van der Waals surface area contributed by atoms with Gasteiger partial charge in [0.2, 0.25) is 6.29 Å². The van der Waals surface area contributed by atoms with Gasteiger partial charge in [-0.25, -0.2) is 5.01 Å². The molecule has 126 valence electrons. The Labute approximate surface area is 136 Å². The molecule has 2 atom stereocenters. The first-order valence-electron chi connectivity index (χ1n) is 7.91. The number of nitrogens with one attached hydrogen (secondary N) is 1. The number of hydrazine groups is 1. The van der Waals surface area contributed by atoms with Crippen LogP contribution in [-0.4, -0.2) is 50.6 Å². The molecule has 0 aliphatic carbocycles. The highest BCUT2D eigenvalue weighted by atomic mass is 16.5. The van der Waals surface area contributed by atoms with E-state index in [0.29, 0.717) is 26.0 Å². The maximum absolute atomic E-state index is 11.2. The summed E-state index contributed by atoms with van der Waals surface area (Å²) in [5, 5.41) is 1.79. The summed E-state index contributed by atoms with van der Waals surface area (Å²) in [6.45, 7) is 2.69. The summed E-state index contributed by atoms with van der Waals surface area (Å²) in [6.07, 6.45) is 2.02. The lowest BCUT2D eigenvalue weighted by molar-refractivity contribution is -0.134. The standard InChI is InChI=1S/C17H24N2O4/c1-22-10-5-11-23-17(14-6-3-2-4-7-14)15-8-9-19(12-15)18-16(21)13-20/h2-4,6-7,13,15,17H,5,8-12H2,1H3,(H,18,21). The average Bonchev–Trinajstić information content (AvgIpc) is 3.03. The summed E-state index contributed by atoms with van der Waals surface area (Å²) in [7, 11) is 1.68. The van der Waals surface area contributed by atoms with E-state index >= 15 is 0 Å². The van der Waals surface area contributed by atoms with Crippen molar-refractivity contribution in [1.29, 1.82) is 0 Å². The molecule has 1 saturated heterocycles. The third kappa shape index (κ3) is 5.42. The van der Waals surface area contributed by atoms with Crippen LogP contribution in [0.4, 0.5) is 0 Å². The molecule has 1 N–H and O–H groups in total. The zero-order valence-electron chi connectivity index (χ0n) is 13.4. The van der Waals surface area contributed by atoms with E-state index < -0.39 is 5.91 Å². The first-order valence-corrected chi connectivity index (χ1v) is 7.91. The fraction of sp³-hybridized carbons (Fsp3) is 0.529. The second-order valence-electron chi connectivity index (χ2n) is 5.64. The molecule has 0 spiro atoms. The van der Waals surface area contributed by atoms with Crippen molar-refractivity contribution in [3.8, 4) is 0 Å². The van der Waals surface area contributed by atoms with Crippen LogP contribution in [0.2, 0.25) is 0 Å². The highest BCUT2D eigenvalue weighted by Crippen LogP contribution is 2.32. The van der Waals surface area contributed by atoms with Crippen molar-refractivity contribution in [3.05, 3.63) is 35.9 Å². The Morgan fingerprint density at radius 1 is 1.39 bits per heavy atom. The Hall–Kier alpha value is -1.76. The monoisotopic (exact) mass is 320 g/mol. The molecule has 2 rings (SSSR count). The molecule has 0 radical (unpaired) electrons. The second kappa shape index (κ2) is 9.39. The topological polar surface area (TPSA) is 67.9 Å². The van der Waals surface area contributed by atoms with Gasteiger partial charge >= 0.3 is 0 Å². The van der Waals surface area contributed by atoms with Gasteiger partial charge in [0.25, 0.3) is 5.91 Å². The minimum atomic E-state index is -0.608. The number of hydrogen-bond acceptors (Lipinski definition) is 5. The molecule has 1 aromatic rings. The van der Waals surface area contributed by atoms with Crippen LogP contribution in [0, 0.1) is 5.92 Å². The molecule has 6 heteroatoms. The number of amides is 1. The lowest BCUT2D eigenvalue weighted by atomic mass is 9.95. The van der Waals surface area contributed by atoms with Crippen molar-refractivity contribution in [2.24, 2.45) is 5.92 Å². The molecular formula is C17H24N2O4. The number of methoxy groups -OCH3 is 1. The first kappa shape index (κ1) is 17.6. The zero-order valence-corrected chi connectivity index (χ0v) is 13.4. The molecule has 1 aliphatic heterocycles. The fourth-order valence-corrected chi connectivity index (χ4v) is 2.88. The van der Waals surface area contributed by atoms with E-state index in [1.54, 1.807) is 12.1 Å². The van der Waals surface area contributed by atoms with Crippen LogP contribution in [-0.2, 0) is 19.1 Å². The van der Waals surface area contributed by atoms with Gasteiger partial charge in [0.1, 0.15) is 0 Å². The fourth-order valence-electron chi connectivity index (χ4n) is 2.88. The van der Waals surface area contributed by atoms with E-state index in [-0.39, 0.29) is 12.0 Å². The number of benzene rings is 1. The maximum Gasteiger partial charge on any atom is 0.298 e. The summed E-state index contributed by atoms with van der Waals surface area (Å²) < 4.78 is 11.2. The summed E-state index contributed by atoms with van der Waals surface area (Å²) in [5.74, 6) is -0.338. The quantitative estimate of drug-likeness (QED) is 0.422. The molecule has 1 aromatic carbocycles. The van der Waals surface area contributed by atoms with Crippen LogP contribution in [0.3, 0.4) is 0 Å². The van der Waals surface area contributed by atoms with Crippen molar-refractivity contribution < 1.29 is 19.1 Å². The van der Waals surface area contributed by atoms with Crippen LogP contribution in [0.1, 0.15) is 24.5 Å². The van der Waals surface area contributed by atoms with Crippen molar-refractivity contribution >= 4 is 12.2 Å². The van der Waals surface area contributed by atoms with Crippen molar-refractivity contribution in [3.63, 3.8) is 0 Å². The van der Waals surface area contributed by atoms with Crippen LogP contribution in [0.15, 0.2) is 30.3 Å². The van der Waals surface area contributed by atoms with E-state index in [2.05, 4.69) is 17.6 Å². The second-order valence-corrected chi connectivity index (χ2v) is 5.64. The van der Waals surface area contributed by atoms with Crippen LogP contribution in [0.25, 0.3) is 0 Å². The lowest BCUT2D eigenvalue weighted by Crippen LogP contribution is -2.41. The molecule has 23 heavy (non-hydrogen) atoms. The predicted molar refractivity (Wildman–Crippen MR) is 85.5 cm³/mol. The van der Waals surface area contributed by atoms with Crippen LogP contribution < -0.4 is 5.43 Å². The Morgan fingerprint density at radius 3 is 2.87 bits per heavy atom. The molecular weight excluding hydrogens is 296 g/mol. The Morgan fingerprint density at radius 2 is 2.17 bits per heavy atom. The van der Waals surface area contributed by atoms with Gasteiger partial charge in [-0.15, -0.1) is 0 Å². The number of carbonyl (C=O) groups excluding carboxylic acids is 2. The summed E-state index contributed by atoms with van der Waals surface area (Å²) in [4.78, 5) is 21.6. The van der Waals surface area contributed by atoms with Crippen LogP contribution in [0.5, 0.6) is 0 Å². The van der Waals surface area contributed by atoms with Gasteiger partial charge in [-0.2, -0.15) is 0 Å². The number of nitrogens with zero attached hydrogens (tertiary/aromatic N) is 1. The minimum Gasteiger partial charge on any atom is -0.385 e. The van der Waals surface area contributed by atoms with E-state index in [0.717, 1.165) is 24.9 Å². The Kier molecular flexibility index (Phi) is 7.19. The van der Waals surface area contributed by atoms with Gasteiger partial charge in [0.05, 0.1) is 6.10 Å². The molecule has 0 bridgehead atoms. The molecule has 1 amide bonds. The minimum absolute atomic E-state index is 0.0220. The molecule has 2 unspecified atom stereocenters. The van der Waals surface area contributed by atoms with Gasteiger partial charge in [-0.1, -0.05) is 30.3 Å². The highest BCUT2D eigenvalue weighted by Gasteiger charge is 2.31. The van der Waals surface area contributed by atoms with Gasteiger partial charge in [0.15, 0.2) is 0 Å². The maximum atomic E-state index is 11.2. The largest absolute Gasteiger partial charge is 0.385 e. The van der Waals surface area contributed by atoms with Crippen LogP contribution >= 0.6 is 0 Å². The SMILES string of the molecule is COCCCOC(c1ccccc1)C1CCN(NC(=O)C=O)C1. The van der Waals surface area contributed by atoms with E-state index in [1.165, 1.54) is 0 Å². The van der Waals surface area contributed by atoms with Crippen molar-refractivity contribution in [2.45, 2.75) is 18.9 Å². The number of rotatable bonds is 9. The Balaban J connectivity index is 1.97. The third-order valence-electron chi connectivity index (χ3n) is 3.95. The zero-order chi connectivity index (χ0) is 16.5. The Bertz CT molecular complexity index is 495. The number of ether oxygens (including phenoxy) is 2. The summed E-state index contributed by atoms with van der Waals surface area (Å²) in [6, 6.07) is 10.1. The third-order valence-corrected chi connectivity index (χ3v) is 3.95. The van der Waals surface area contributed by atoms with Crippen molar-refractivity contribution in [2.75, 3.05) is 33.4 Å². The van der Waals surface area contributed by atoms with Gasteiger partial charge in [0, 0.05) is 39.3 Å². The summed E-state index contributed by atoms with van der Waals surface area (Å²) >= 11 is 0. The average molecular weight is 320 g/mol. The van der Waals surface area contributed by atoms with E-state index in [4.69, 9.17) is 9.47 Å². The number of aldehydes is 1. The molecule has 1 fully saturated rings. The van der Waals surface area contributed by atoms with Gasteiger partial charge in [-0.05, 0) is 18.4 Å². The summed E-state index contributed by atoms with van der Waals surface area (Å²) in [5.41, 5.74) is 3.73. The number of carbonyl (C=O) groups is 2. The smallest absolute Gasteiger partial charge is 0.298 e. The van der Waals surface area contributed by atoms with E-state index in [1.807, 2.05) is 18.2 Å².